The largest absolute Gasteiger partial charge is 0.345 e. The Morgan fingerprint density at radius 1 is 1.00 bits per heavy atom. The predicted molar refractivity (Wildman–Crippen MR) is 122 cm³/mol. The van der Waals surface area contributed by atoms with Gasteiger partial charge in [-0.25, -0.2) is 9.97 Å². The summed E-state index contributed by atoms with van der Waals surface area (Å²) in [4.78, 5) is 33.6. The molecule has 1 fully saturated rings. The van der Waals surface area contributed by atoms with Gasteiger partial charge in [-0.3, -0.25) is 14.0 Å². The first-order valence-electron chi connectivity index (χ1n) is 11.1. The van der Waals surface area contributed by atoms with Crippen LogP contribution >= 0.6 is 0 Å². The molecule has 0 aliphatic heterocycles. The van der Waals surface area contributed by atoms with Crippen molar-refractivity contribution in [2.75, 3.05) is 0 Å². The van der Waals surface area contributed by atoms with Gasteiger partial charge in [0.25, 0.3) is 11.5 Å². The van der Waals surface area contributed by atoms with Gasteiger partial charge in [-0.15, -0.1) is 0 Å². The Labute approximate surface area is 185 Å². The summed E-state index contributed by atoms with van der Waals surface area (Å²) in [7, 11) is 0. The molecule has 1 saturated carbocycles. The minimum absolute atomic E-state index is 0.0982. The van der Waals surface area contributed by atoms with Crippen LogP contribution < -0.4 is 16.2 Å². The van der Waals surface area contributed by atoms with E-state index < -0.39 is 5.91 Å². The van der Waals surface area contributed by atoms with E-state index in [4.69, 9.17) is 0 Å². The number of nitrogens with one attached hydrogen (secondary N) is 2. The van der Waals surface area contributed by atoms with Crippen molar-refractivity contribution in [1.82, 2.24) is 29.4 Å². The third kappa shape index (κ3) is 4.40. The molecule has 0 unspecified atom stereocenters. The van der Waals surface area contributed by atoms with Crippen LogP contribution in [-0.4, -0.2) is 30.7 Å². The molecule has 0 aromatic carbocycles. The number of rotatable bonds is 6. The van der Waals surface area contributed by atoms with Gasteiger partial charge in [0.05, 0.1) is 12.2 Å². The highest BCUT2D eigenvalue weighted by molar-refractivity contribution is 5.92. The molecule has 4 heterocycles. The van der Waals surface area contributed by atoms with Crippen LogP contribution in [0.2, 0.25) is 0 Å². The third-order valence-corrected chi connectivity index (χ3v) is 6.00. The molecule has 5 rings (SSSR count). The minimum atomic E-state index is -0.400. The Bertz CT molecular complexity index is 1320. The van der Waals surface area contributed by atoms with Crippen molar-refractivity contribution >= 4 is 17.2 Å². The zero-order valence-electron chi connectivity index (χ0n) is 17.8. The summed E-state index contributed by atoms with van der Waals surface area (Å²) in [6.45, 7) is 1.10. The molecule has 32 heavy (non-hydrogen) atoms. The molecule has 8 heteroatoms. The predicted octanol–water partition coefficient (Wildman–Crippen LogP) is 2.69. The van der Waals surface area contributed by atoms with Crippen LogP contribution in [0.1, 0.15) is 53.8 Å². The van der Waals surface area contributed by atoms with Gasteiger partial charge in [-0.1, -0.05) is 31.4 Å². The SMILES string of the molecule is O=C(NCc1cn2cc(CNC3CCCCC3)ccc2n1)c1cc(=O)n2ccccc2n1. The molecule has 0 bridgehead atoms. The van der Waals surface area contributed by atoms with Crippen LogP contribution in [0.5, 0.6) is 0 Å². The lowest BCUT2D eigenvalue weighted by Crippen LogP contribution is -2.30. The summed E-state index contributed by atoms with van der Waals surface area (Å²) in [5, 5.41) is 6.47. The van der Waals surface area contributed by atoms with Gasteiger partial charge < -0.3 is 15.0 Å². The van der Waals surface area contributed by atoms with Crippen molar-refractivity contribution in [1.29, 1.82) is 0 Å². The van der Waals surface area contributed by atoms with Gasteiger partial charge in [0.15, 0.2) is 0 Å². The molecule has 1 amide bonds. The number of hydrogen-bond donors (Lipinski definition) is 2. The highest BCUT2D eigenvalue weighted by Crippen LogP contribution is 2.18. The van der Waals surface area contributed by atoms with Crippen molar-refractivity contribution in [2.45, 2.75) is 51.2 Å². The zero-order valence-corrected chi connectivity index (χ0v) is 17.8. The van der Waals surface area contributed by atoms with E-state index in [-0.39, 0.29) is 17.8 Å². The maximum absolute atomic E-state index is 12.6. The first-order chi connectivity index (χ1) is 15.7. The van der Waals surface area contributed by atoms with Crippen molar-refractivity contribution in [3.05, 3.63) is 82.3 Å². The Kier molecular flexibility index (Phi) is 5.68. The highest BCUT2D eigenvalue weighted by atomic mass is 16.2. The number of aromatic nitrogens is 4. The van der Waals surface area contributed by atoms with Gasteiger partial charge in [-0.2, -0.15) is 0 Å². The highest BCUT2D eigenvalue weighted by Gasteiger charge is 2.13. The number of amides is 1. The number of nitrogens with zero attached hydrogens (tertiary/aromatic N) is 4. The summed E-state index contributed by atoms with van der Waals surface area (Å²) in [5.41, 5.74) is 3.03. The zero-order chi connectivity index (χ0) is 21.9. The van der Waals surface area contributed by atoms with E-state index in [1.807, 2.05) is 16.7 Å². The number of pyridine rings is 2. The fourth-order valence-corrected chi connectivity index (χ4v) is 4.28. The van der Waals surface area contributed by atoms with E-state index in [1.165, 1.54) is 48.1 Å². The molecule has 8 nitrogen and oxygen atoms in total. The standard InChI is InChI=1S/C24H26N6O2/c31-23-12-20(28-22-8-4-5-11-30(22)23)24(32)26-14-19-16-29-15-17(9-10-21(29)27-19)13-25-18-6-2-1-3-7-18/h4-5,8-12,15-16,18,25H,1-3,6-7,13-14H2,(H,26,32). The monoisotopic (exact) mass is 430 g/mol. The normalized spacial score (nSPS) is 14.8. The van der Waals surface area contributed by atoms with Gasteiger partial charge in [-0.05, 0) is 36.6 Å². The summed E-state index contributed by atoms with van der Waals surface area (Å²) in [6.07, 6.45) is 12.1. The van der Waals surface area contributed by atoms with Crippen molar-refractivity contribution in [3.63, 3.8) is 0 Å². The molecular formula is C24H26N6O2. The average molecular weight is 431 g/mol. The molecule has 164 valence electrons. The average Bonchev–Trinajstić information content (AvgIpc) is 3.24. The lowest BCUT2D eigenvalue weighted by atomic mass is 9.95. The minimum Gasteiger partial charge on any atom is -0.345 e. The van der Waals surface area contributed by atoms with Crippen LogP contribution in [0.25, 0.3) is 11.3 Å². The summed E-state index contributed by atoms with van der Waals surface area (Å²) in [6, 6.07) is 11.2. The second kappa shape index (κ2) is 8.92. The number of carbonyl (C=O) groups excluding carboxylic acids is 1. The Morgan fingerprint density at radius 3 is 2.75 bits per heavy atom. The molecule has 0 spiro atoms. The molecule has 0 atom stereocenters. The van der Waals surface area contributed by atoms with Gasteiger partial charge in [0.1, 0.15) is 17.0 Å². The van der Waals surface area contributed by atoms with Gasteiger partial charge in [0, 0.05) is 37.2 Å². The molecule has 4 aromatic heterocycles. The van der Waals surface area contributed by atoms with Crippen LogP contribution in [0.3, 0.4) is 0 Å². The Balaban J connectivity index is 1.24. The lowest BCUT2D eigenvalue weighted by molar-refractivity contribution is 0.0945. The summed E-state index contributed by atoms with van der Waals surface area (Å²) < 4.78 is 3.39. The number of carbonyl (C=O) groups is 1. The Morgan fingerprint density at radius 2 is 1.88 bits per heavy atom. The maximum Gasteiger partial charge on any atom is 0.270 e. The maximum atomic E-state index is 12.6. The van der Waals surface area contributed by atoms with Crippen LogP contribution in [0, 0.1) is 0 Å². The lowest BCUT2D eigenvalue weighted by Gasteiger charge is -2.22. The smallest absolute Gasteiger partial charge is 0.270 e. The topological polar surface area (TPSA) is 92.8 Å². The van der Waals surface area contributed by atoms with E-state index in [2.05, 4.69) is 32.9 Å². The summed E-state index contributed by atoms with van der Waals surface area (Å²) in [5.74, 6) is -0.400. The first kappa shape index (κ1) is 20.4. The fraction of sp³-hybridized carbons (Fsp3) is 0.333. The molecule has 0 radical (unpaired) electrons. The molecule has 1 aliphatic rings. The van der Waals surface area contributed by atoms with Crippen molar-refractivity contribution in [2.24, 2.45) is 0 Å². The molecular weight excluding hydrogens is 404 g/mol. The Hall–Kier alpha value is -3.52. The van der Waals surface area contributed by atoms with E-state index in [0.29, 0.717) is 11.7 Å². The van der Waals surface area contributed by atoms with Crippen molar-refractivity contribution in [3.8, 4) is 0 Å². The number of fused-ring (bicyclic) bond motifs is 2. The quantitative estimate of drug-likeness (QED) is 0.491. The fourth-order valence-electron chi connectivity index (χ4n) is 4.28. The first-order valence-corrected chi connectivity index (χ1v) is 11.1. The molecule has 0 saturated heterocycles. The van der Waals surface area contributed by atoms with Gasteiger partial charge in [0.2, 0.25) is 0 Å². The second-order valence-electron chi connectivity index (χ2n) is 8.34. The number of imidazole rings is 1. The summed E-state index contributed by atoms with van der Waals surface area (Å²) >= 11 is 0. The van der Waals surface area contributed by atoms with E-state index in [9.17, 15) is 9.59 Å². The van der Waals surface area contributed by atoms with Crippen LogP contribution in [0.15, 0.2) is 59.8 Å². The van der Waals surface area contributed by atoms with E-state index >= 15 is 0 Å². The number of hydrogen-bond acceptors (Lipinski definition) is 5. The van der Waals surface area contributed by atoms with E-state index in [1.54, 1.807) is 24.4 Å². The van der Waals surface area contributed by atoms with Crippen LogP contribution in [-0.2, 0) is 13.1 Å². The molecule has 1 aliphatic carbocycles. The van der Waals surface area contributed by atoms with Crippen LogP contribution in [0.4, 0.5) is 0 Å². The molecule has 4 aromatic rings. The molecule has 2 N–H and O–H groups in total. The van der Waals surface area contributed by atoms with E-state index in [0.717, 1.165) is 17.9 Å². The van der Waals surface area contributed by atoms with Gasteiger partial charge >= 0.3 is 0 Å². The third-order valence-electron chi connectivity index (χ3n) is 6.00. The second-order valence-corrected chi connectivity index (χ2v) is 8.34. The van der Waals surface area contributed by atoms with Crippen molar-refractivity contribution < 1.29 is 4.79 Å².